The van der Waals surface area contributed by atoms with Crippen LogP contribution in [0.5, 0.6) is 0 Å². The quantitative estimate of drug-likeness (QED) is 0.667. The molecule has 0 radical (unpaired) electrons. The Morgan fingerprint density at radius 2 is 2.14 bits per heavy atom. The molecule has 0 aromatic heterocycles. The van der Waals surface area contributed by atoms with Crippen LogP contribution >= 0.6 is 0 Å². The molecule has 3 unspecified atom stereocenters. The van der Waals surface area contributed by atoms with E-state index in [9.17, 15) is 19.3 Å². The SMILES string of the molecule is Cc1cc(F)cc(C(=O)N2CC3CCC(N)C3C2)c1[N+](=O)[O-]. The third-order valence-electron chi connectivity index (χ3n) is 4.88. The third-order valence-corrected chi connectivity index (χ3v) is 4.88. The van der Waals surface area contributed by atoms with Crippen molar-refractivity contribution < 1.29 is 14.1 Å². The minimum atomic E-state index is -0.637. The van der Waals surface area contributed by atoms with E-state index >= 15 is 0 Å². The largest absolute Gasteiger partial charge is 0.338 e. The summed E-state index contributed by atoms with van der Waals surface area (Å²) in [5.74, 6) is -0.510. The van der Waals surface area contributed by atoms with Gasteiger partial charge >= 0.3 is 0 Å². The molecule has 3 atom stereocenters. The molecule has 1 aromatic rings. The molecule has 1 amide bonds. The van der Waals surface area contributed by atoms with E-state index in [1.165, 1.54) is 6.92 Å². The maximum Gasteiger partial charge on any atom is 0.285 e. The number of hydrogen-bond acceptors (Lipinski definition) is 4. The molecule has 3 rings (SSSR count). The Morgan fingerprint density at radius 3 is 2.77 bits per heavy atom. The maximum atomic E-state index is 13.6. The molecule has 22 heavy (non-hydrogen) atoms. The van der Waals surface area contributed by atoms with E-state index in [-0.39, 0.29) is 28.8 Å². The van der Waals surface area contributed by atoms with Crippen LogP contribution in [-0.4, -0.2) is 34.9 Å². The molecular weight excluding hydrogens is 289 g/mol. The zero-order chi connectivity index (χ0) is 16.0. The first-order chi connectivity index (χ1) is 10.4. The van der Waals surface area contributed by atoms with Gasteiger partial charge in [-0.2, -0.15) is 0 Å². The van der Waals surface area contributed by atoms with E-state index in [0.717, 1.165) is 25.0 Å². The molecule has 0 bridgehead atoms. The Balaban J connectivity index is 1.92. The minimum Gasteiger partial charge on any atom is -0.338 e. The minimum absolute atomic E-state index is 0.0760. The fourth-order valence-corrected chi connectivity index (χ4v) is 3.78. The standard InChI is InChI=1S/C15H18FN3O3/c1-8-4-10(16)5-11(14(8)19(21)22)15(20)18-6-9-2-3-13(17)12(9)7-18/h4-5,9,12-13H,2-3,6-7,17H2,1H3. The van der Waals surface area contributed by atoms with Gasteiger partial charge in [0.15, 0.2) is 0 Å². The second-order valence-corrected chi connectivity index (χ2v) is 6.25. The van der Waals surface area contributed by atoms with Crippen LogP contribution in [0, 0.1) is 34.7 Å². The number of nitrogens with zero attached hydrogens (tertiary/aromatic N) is 2. The van der Waals surface area contributed by atoms with E-state index in [1.54, 1.807) is 4.90 Å². The Kier molecular flexibility index (Phi) is 3.60. The van der Waals surface area contributed by atoms with Crippen molar-refractivity contribution in [2.75, 3.05) is 13.1 Å². The molecule has 2 N–H and O–H groups in total. The lowest BCUT2D eigenvalue weighted by Gasteiger charge is -2.19. The fraction of sp³-hybridized carbons (Fsp3) is 0.533. The van der Waals surface area contributed by atoms with Crippen molar-refractivity contribution in [3.8, 4) is 0 Å². The van der Waals surface area contributed by atoms with Gasteiger partial charge in [-0.15, -0.1) is 0 Å². The molecule has 0 spiro atoms. The van der Waals surface area contributed by atoms with Gasteiger partial charge in [-0.1, -0.05) is 0 Å². The summed E-state index contributed by atoms with van der Waals surface area (Å²) in [6.07, 6.45) is 1.93. The Labute approximate surface area is 127 Å². The molecule has 118 valence electrons. The lowest BCUT2D eigenvalue weighted by Crippen LogP contribution is -2.33. The highest BCUT2D eigenvalue weighted by Gasteiger charge is 2.43. The lowest BCUT2D eigenvalue weighted by atomic mass is 9.98. The van der Waals surface area contributed by atoms with Gasteiger partial charge in [0.05, 0.1) is 4.92 Å². The van der Waals surface area contributed by atoms with Crippen molar-refractivity contribution in [1.29, 1.82) is 0 Å². The molecule has 1 aliphatic carbocycles. The summed E-state index contributed by atoms with van der Waals surface area (Å²) < 4.78 is 13.6. The number of nitro groups is 1. The monoisotopic (exact) mass is 307 g/mol. The number of likely N-dealkylation sites (tertiary alicyclic amines) is 1. The molecular formula is C15H18FN3O3. The van der Waals surface area contributed by atoms with E-state index in [1.807, 2.05) is 0 Å². The number of carbonyl (C=O) groups excluding carboxylic acids is 1. The van der Waals surface area contributed by atoms with Gasteiger partial charge in [0.25, 0.3) is 11.6 Å². The Morgan fingerprint density at radius 1 is 1.41 bits per heavy atom. The number of aryl methyl sites for hydroxylation is 1. The van der Waals surface area contributed by atoms with Gasteiger partial charge in [-0.25, -0.2) is 4.39 Å². The van der Waals surface area contributed by atoms with Crippen LogP contribution in [0.2, 0.25) is 0 Å². The molecule has 1 aliphatic heterocycles. The number of hydrogen-bond donors (Lipinski definition) is 1. The van der Waals surface area contributed by atoms with Gasteiger partial charge in [0, 0.05) is 24.7 Å². The predicted octanol–water partition coefficient (Wildman–Crippen LogP) is 1.85. The van der Waals surface area contributed by atoms with Crippen LogP contribution in [0.1, 0.15) is 28.8 Å². The van der Waals surface area contributed by atoms with Crippen LogP contribution in [0.3, 0.4) is 0 Å². The van der Waals surface area contributed by atoms with Crippen LogP contribution in [0.15, 0.2) is 12.1 Å². The molecule has 6 nitrogen and oxygen atoms in total. The first-order valence-electron chi connectivity index (χ1n) is 7.38. The van der Waals surface area contributed by atoms with Gasteiger partial charge in [-0.3, -0.25) is 14.9 Å². The number of halogens is 1. The van der Waals surface area contributed by atoms with Crippen molar-refractivity contribution in [1.82, 2.24) is 4.90 Å². The van der Waals surface area contributed by atoms with E-state index in [2.05, 4.69) is 0 Å². The summed E-state index contributed by atoms with van der Waals surface area (Å²) in [5, 5.41) is 11.2. The second kappa shape index (κ2) is 5.31. The smallest absolute Gasteiger partial charge is 0.285 e. The highest BCUT2D eigenvalue weighted by molar-refractivity contribution is 5.99. The molecule has 7 heteroatoms. The number of fused-ring (bicyclic) bond motifs is 1. The van der Waals surface area contributed by atoms with E-state index in [0.29, 0.717) is 19.0 Å². The topological polar surface area (TPSA) is 89.5 Å². The van der Waals surface area contributed by atoms with Crippen molar-refractivity contribution in [3.05, 3.63) is 39.2 Å². The van der Waals surface area contributed by atoms with Crippen molar-refractivity contribution in [2.45, 2.75) is 25.8 Å². The molecule has 1 saturated heterocycles. The first-order valence-corrected chi connectivity index (χ1v) is 7.38. The summed E-state index contributed by atoms with van der Waals surface area (Å²) in [6.45, 7) is 2.48. The average molecular weight is 307 g/mol. The highest BCUT2D eigenvalue weighted by Crippen LogP contribution is 2.38. The van der Waals surface area contributed by atoms with Crippen molar-refractivity contribution in [3.63, 3.8) is 0 Å². The van der Waals surface area contributed by atoms with Crippen molar-refractivity contribution in [2.24, 2.45) is 17.6 Å². The Bertz CT molecular complexity index is 649. The van der Waals surface area contributed by atoms with Gasteiger partial charge in [-0.05, 0) is 43.7 Å². The summed E-state index contributed by atoms with van der Waals surface area (Å²) in [7, 11) is 0. The lowest BCUT2D eigenvalue weighted by molar-refractivity contribution is -0.385. The number of carbonyl (C=O) groups is 1. The van der Waals surface area contributed by atoms with Gasteiger partial charge in [0.2, 0.25) is 0 Å². The first kappa shape index (κ1) is 14.9. The molecule has 1 aromatic carbocycles. The van der Waals surface area contributed by atoms with E-state index in [4.69, 9.17) is 5.73 Å². The summed E-state index contributed by atoms with van der Waals surface area (Å²) in [6, 6.07) is 2.11. The second-order valence-electron chi connectivity index (χ2n) is 6.25. The summed E-state index contributed by atoms with van der Waals surface area (Å²) in [4.78, 5) is 24.8. The summed E-state index contributed by atoms with van der Waals surface area (Å²) in [5.41, 5.74) is 5.72. The summed E-state index contributed by atoms with van der Waals surface area (Å²) >= 11 is 0. The number of nitrogens with two attached hydrogens (primary N) is 1. The van der Waals surface area contributed by atoms with Gasteiger partial charge < -0.3 is 10.6 Å². The van der Waals surface area contributed by atoms with Gasteiger partial charge in [0.1, 0.15) is 11.4 Å². The zero-order valence-corrected chi connectivity index (χ0v) is 12.3. The molecule has 1 saturated carbocycles. The van der Waals surface area contributed by atoms with Crippen LogP contribution in [-0.2, 0) is 0 Å². The number of benzene rings is 1. The number of amides is 1. The van der Waals surface area contributed by atoms with E-state index < -0.39 is 16.6 Å². The number of rotatable bonds is 2. The van der Waals surface area contributed by atoms with Crippen LogP contribution in [0.25, 0.3) is 0 Å². The number of nitro benzene ring substituents is 1. The molecule has 2 fully saturated rings. The molecule has 2 aliphatic rings. The Hall–Kier alpha value is -2.02. The third kappa shape index (κ3) is 2.35. The predicted molar refractivity (Wildman–Crippen MR) is 77.9 cm³/mol. The maximum absolute atomic E-state index is 13.6. The van der Waals surface area contributed by atoms with Crippen molar-refractivity contribution >= 4 is 11.6 Å². The fourth-order valence-electron chi connectivity index (χ4n) is 3.78. The van der Waals surface area contributed by atoms with Crippen LogP contribution < -0.4 is 5.73 Å². The molecule has 1 heterocycles. The average Bonchev–Trinajstić information content (AvgIpc) is 2.99. The normalized spacial score (nSPS) is 27.0. The van der Waals surface area contributed by atoms with Crippen LogP contribution in [0.4, 0.5) is 10.1 Å². The highest BCUT2D eigenvalue weighted by atomic mass is 19.1. The zero-order valence-electron chi connectivity index (χ0n) is 12.3.